The summed E-state index contributed by atoms with van der Waals surface area (Å²) in [5.74, 6) is 0.445. The number of rotatable bonds is 2. The number of carbonyl (C=O) groups excluding carboxylic acids is 1. The Labute approximate surface area is 58.0 Å². The molecule has 0 spiro atoms. The summed E-state index contributed by atoms with van der Waals surface area (Å²) in [6, 6.07) is 0. The third-order valence-electron chi connectivity index (χ3n) is 1.66. The van der Waals surface area contributed by atoms with E-state index in [1.54, 1.807) is 0 Å². The van der Waals surface area contributed by atoms with Crippen LogP contribution in [0.1, 0.15) is 23.2 Å². The van der Waals surface area contributed by atoms with Gasteiger partial charge in [0.2, 0.25) is 0 Å². The standard InChI is InChI=1S/C7H7NO2/c9-7(5-1-2-5)6-3-8-10-4-6/h3-5H,1-2H2. The summed E-state index contributed by atoms with van der Waals surface area (Å²) >= 11 is 0. The van der Waals surface area contributed by atoms with Crippen LogP contribution in [0.3, 0.4) is 0 Å². The smallest absolute Gasteiger partial charge is 0.170 e. The molecular weight excluding hydrogens is 130 g/mol. The van der Waals surface area contributed by atoms with E-state index >= 15 is 0 Å². The van der Waals surface area contributed by atoms with Gasteiger partial charge in [0.05, 0.1) is 11.8 Å². The third-order valence-corrected chi connectivity index (χ3v) is 1.66. The summed E-state index contributed by atoms with van der Waals surface area (Å²) in [4.78, 5) is 11.2. The van der Waals surface area contributed by atoms with Crippen molar-refractivity contribution in [1.82, 2.24) is 5.16 Å². The van der Waals surface area contributed by atoms with Crippen LogP contribution < -0.4 is 0 Å². The molecule has 1 aromatic heterocycles. The van der Waals surface area contributed by atoms with E-state index in [1.165, 1.54) is 12.5 Å². The highest BCUT2D eigenvalue weighted by atomic mass is 16.5. The van der Waals surface area contributed by atoms with Crippen molar-refractivity contribution in [2.45, 2.75) is 12.8 Å². The Hall–Kier alpha value is -1.12. The first-order valence-electron chi connectivity index (χ1n) is 3.31. The van der Waals surface area contributed by atoms with Gasteiger partial charge in [-0.1, -0.05) is 5.16 Å². The Bertz CT molecular complexity index is 236. The van der Waals surface area contributed by atoms with Crippen LogP contribution in [-0.4, -0.2) is 10.9 Å². The summed E-state index contributed by atoms with van der Waals surface area (Å²) in [5.41, 5.74) is 0.613. The molecule has 0 atom stereocenters. The van der Waals surface area contributed by atoms with Gasteiger partial charge in [-0.15, -0.1) is 0 Å². The molecule has 52 valence electrons. The van der Waals surface area contributed by atoms with Crippen LogP contribution >= 0.6 is 0 Å². The third kappa shape index (κ3) is 0.835. The Morgan fingerprint density at radius 2 is 2.50 bits per heavy atom. The van der Waals surface area contributed by atoms with Crippen molar-refractivity contribution >= 4 is 5.78 Å². The maximum absolute atomic E-state index is 11.2. The average molecular weight is 137 g/mol. The molecule has 2 rings (SSSR count). The number of hydrogen-bond donors (Lipinski definition) is 0. The molecule has 0 unspecified atom stereocenters. The summed E-state index contributed by atoms with van der Waals surface area (Å²) in [6.07, 6.45) is 4.94. The number of Topliss-reactive ketones (excluding diaryl/α,β-unsaturated/α-hetero) is 1. The maximum Gasteiger partial charge on any atom is 0.170 e. The second-order valence-electron chi connectivity index (χ2n) is 2.55. The molecule has 1 aliphatic carbocycles. The average Bonchev–Trinajstić information content (AvgIpc) is 2.65. The minimum atomic E-state index is 0.182. The van der Waals surface area contributed by atoms with Crippen LogP contribution in [0, 0.1) is 5.92 Å². The number of carbonyl (C=O) groups is 1. The predicted octanol–water partition coefficient (Wildman–Crippen LogP) is 1.27. The topological polar surface area (TPSA) is 43.1 Å². The molecule has 0 amide bonds. The monoisotopic (exact) mass is 137 g/mol. The molecule has 1 heterocycles. The van der Waals surface area contributed by atoms with E-state index in [1.807, 2.05) is 0 Å². The van der Waals surface area contributed by atoms with E-state index in [4.69, 9.17) is 0 Å². The van der Waals surface area contributed by atoms with E-state index in [2.05, 4.69) is 9.68 Å². The molecule has 0 saturated heterocycles. The SMILES string of the molecule is O=C(c1cnoc1)C1CC1. The quantitative estimate of drug-likeness (QED) is 0.576. The molecule has 1 saturated carbocycles. The van der Waals surface area contributed by atoms with Crippen molar-refractivity contribution in [2.24, 2.45) is 5.92 Å². The van der Waals surface area contributed by atoms with Crippen molar-refractivity contribution in [1.29, 1.82) is 0 Å². The Balaban J connectivity index is 2.19. The van der Waals surface area contributed by atoms with Crippen LogP contribution in [0.15, 0.2) is 17.0 Å². The van der Waals surface area contributed by atoms with Crippen molar-refractivity contribution in [3.8, 4) is 0 Å². The second-order valence-corrected chi connectivity index (χ2v) is 2.55. The van der Waals surface area contributed by atoms with Crippen molar-refractivity contribution < 1.29 is 9.32 Å². The Kier molecular flexibility index (Phi) is 1.09. The Morgan fingerprint density at radius 1 is 1.70 bits per heavy atom. The molecule has 1 aliphatic rings. The van der Waals surface area contributed by atoms with Crippen molar-refractivity contribution in [3.63, 3.8) is 0 Å². The van der Waals surface area contributed by atoms with E-state index in [0.29, 0.717) is 5.56 Å². The van der Waals surface area contributed by atoms with Gasteiger partial charge in [0, 0.05) is 5.92 Å². The fourth-order valence-corrected chi connectivity index (χ4v) is 0.908. The van der Waals surface area contributed by atoms with Gasteiger partial charge >= 0.3 is 0 Å². The summed E-state index contributed by atoms with van der Waals surface area (Å²) < 4.78 is 4.54. The van der Waals surface area contributed by atoms with Crippen LogP contribution in [0.4, 0.5) is 0 Å². The molecule has 3 heteroatoms. The molecule has 10 heavy (non-hydrogen) atoms. The molecule has 0 bridgehead atoms. The lowest BCUT2D eigenvalue weighted by Crippen LogP contribution is -1.98. The predicted molar refractivity (Wildman–Crippen MR) is 33.6 cm³/mol. The van der Waals surface area contributed by atoms with E-state index in [-0.39, 0.29) is 11.7 Å². The normalized spacial score (nSPS) is 17.2. The van der Waals surface area contributed by atoms with Gasteiger partial charge in [-0.2, -0.15) is 0 Å². The first-order chi connectivity index (χ1) is 4.88. The highest BCUT2D eigenvalue weighted by Gasteiger charge is 2.31. The fourth-order valence-electron chi connectivity index (χ4n) is 0.908. The van der Waals surface area contributed by atoms with Gasteiger partial charge in [-0.05, 0) is 12.8 Å². The molecular formula is C7H7NO2. The molecule has 0 aliphatic heterocycles. The molecule has 1 aromatic rings. The van der Waals surface area contributed by atoms with E-state index < -0.39 is 0 Å². The highest BCUT2D eigenvalue weighted by molar-refractivity contribution is 5.98. The lowest BCUT2D eigenvalue weighted by molar-refractivity contribution is 0.0967. The Morgan fingerprint density at radius 3 is 3.00 bits per heavy atom. The summed E-state index contributed by atoms with van der Waals surface area (Å²) in [6.45, 7) is 0. The summed E-state index contributed by atoms with van der Waals surface area (Å²) in [5, 5.41) is 3.46. The number of aromatic nitrogens is 1. The van der Waals surface area contributed by atoms with Crippen molar-refractivity contribution in [2.75, 3.05) is 0 Å². The lowest BCUT2D eigenvalue weighted by atomic mass is 10.2. The fraction of sp³-hybridized carbons (Fsp3) is 0.429. The molecule has 0 radical (unpaired) electrons. The number of nitrogens with zero attached hydrogens (tertiary/aromatic N) is 1. The minimum absolute atomic E-state index is 0.182. The summed E-state index contributed by atoms with van der Waals surface area (Å²) in [7, 11) is 0. The van der Waals surface area contributed by atoms with Gasteiger partial charge in [0.1, 0.15) is 6.26 Å². The maximum atomic E-state index is 11.2. The second kappa shape index (κ2) is 1.94. The van der Waals surface area contributed by atoms with Crippen LogP contribution in [-0.2, 0) is 0 Å². The number of hydrogen-bond acceptors (Lipinski definition) is 3. The van der Waals surface area contributed by atoms with Crippen molar-refractivity contribution in [3.05, 3.63) is 18.0 Å². The van der Waals surface area contributed by atoms with Gasteiger partial charge in [-0.3, -0.25) is 4.79 Å². The van der Waals surface area contributed by atoms with Crippen LogP contribution in [0.5, 0.6) is 0 Å². The molecule has 0 aromatic carbocycles. The van der Waals surface area contributed by atoms with Crippen LogP contribution in [0.2, 0.25) is 0 Å². The molecule has 3 nitrogen and oxygen atoms in total. The van der Waals surface area contributed by atoms with Gasteiger partial charge in [0.15, 0.2) is 5.78 Å². The first-order valence-corrected chi connectivity index (χ1v) is 3.31. The van der Waals surface area contributed by atoms with Gasteiger partial charge in [0.25, 0.3) is 0 Å². The molecule has 0 N–H and O–H groups in total. The zero-order chi connectivity index (χ0) is 6.97. The lowest BCUT2D eigenvalue weighted by Gasteiger charge is -1.86. The highest BCUT2D eigenvalue weighted by Crippen LogP contribution is 2.32. The van der Waals surface area contributed by atoms with E-state index in [0.717, 1.165) is 12.8 Å². The largest absolute Gasteiger partial charge is 0.364 e. The zero-order valence-corrected chi connectivity index (χ0v) is 5.41. The minimum Gasteiger partial charge on any atom is -0.364 e. The zero-order valence-electron chi connectivity index (χ0n) is 5.41. The first kappa shape index (κ1) is 5.65. The number of ketones is 1. The molecule has 1 fully saturated rings. The van der Waals surface area contributed by atoms with Crippen LogP contribution in [0.25, 0.3) is 0 Å². The van der Waals surface area contributed by atoms with Gasteiger partial charge < -0.3 is 4.52 Å². The van der Waals surface area contributed by atoms with Gasteiger partial charge in [-0.25, -0.2) is 0 Å². The van der Waals surface area contributed by atoms with E-state index in [9.17, 15) is 4.79 Å².